The second kappa shape index (κ2) is 4.26. The molecule has 3 N–H and O–H groups in total. The van der Waals surface area contributed by atoms with Gasteiger partial charge in [0.15, 0.2) is 0 Å². The van der Waals surface area contributed by atoms with Gasteiger partial charge in [0.1, 0.15) is 0 Å². The number of halogens is 3. The summed E-state index contributed by atoms with van der Waals surface area (Å²) in [6.07, 6.45) is 2.42. The number of rotatable bonds is 2. The minimum atomic E-state index is -5.26. The lowest BCUT2D eigenvalue weighted by Gasteiger charge is -2.29. The summed E-state index contributed by atoms with van der Waals surface area (Å²) in [4.78, 5) is 0. The minimum absolute atomic E-state index is 0.358. The molecule has 1 rings (SSSR count). The van der Waals surface area contributed by atoms with E-state index < -0.39 is 27.6 Å². The van der Waals surface area contributed by atoms with E-state index in [1.165, 1.54) is 0 Å². The quantitative estimate of drug-likeness (QED) is 0.753. The Morgan fingerprint density at radius 2 is 1.73 bits per heavy atom. The fourth-order valence-electron chi connectivity index (χ4n) is 1.57. The molecule has 0 amide bonds. The SMILES string of the molecule is N[C@@H]1CCCC[C@H]1NS(=O)(=O)C(F)(F)F. The van der Waals surface area contributed by atoms with Crippen molar-refractivity contribution in [1.82, 2.24) is 4.72 Å². The van der Waals surface area contributed by atoms with Gasteiger partial charge in [0.05, 0.1) is 0 Å². The molecular weight excluding hydrogens is 233 g/mol. The number of nitrogens with one attached hydrogen (secondary N) is 1. The number of hydrogen-bond acceptors (Lipinski definition) is 3. The van der Waals surface area contributed by atoms with E-state index in [1.54, 1.807) is 4.72 Å². The first-order chi connectivity index (χ1) is 6.74. The van der Waals surface area contributed by atoms with Crippen LogP contribution in [0.25, 0.3) is 0 Å². The molecule has 0 aromatic heterocycles. The fraction of sp³-hybridized carbons (Fsp3) is 1.00. The Morgan fingerprint density at radius 1 is 1.20 bits per heavy atom. The molecule has 1 saturated carbocycles. The van der Waals surface area contributed by atoms with Gasteiger partial charge in [-0.05, 0) is 12.8 Å². The molecule has 0 radical (unpaired) electrons. The molecule has 4 nitrogen and oxygen atoms in total. The van der Waals surface area contributed by atoms with Crippen LogP contribution in [-0.4, -0.2) is 26.0 Å². The lowest BCUT2D eigenvalue weighted by Crippen LogP contribution is -2.52. The van der Waals surface area contributed by atoms with Crippen LogP contribution in [0, 0.1) is 0 Å². The first kappa shape index (κ1) is 12.7. The Bertz CT molecular complexity index is 315. The number of hydrogen-bond donors (Lipinski definition) is 2. The smallest absolute Gasteiger partial charge is 0.326 e. The topological polar surface area (TPSA) is 72.2 Å². The van der Waals surface area contributed by atoms with Crippen molar-refractivity contribution in [2.45, 2.75) is 43.3 Å². The summed E-state index contributed by atoms with van der Waals surface area (Å²) in [5, 5.41) is 0. The van der Waals surface area contributed by atoms with Crippen LogP contribution >= 0.6 is 0 Å². The summed E-state index contributed by atoms with van der Waals surface area (Å²) >= 11 is 0. The fourth-order valence-corrected chi connectivity index (χ4v) is 2.40. The van der Waals surface area contributed by atoms with Gasteiger partial charge in [0.25, 0.3) is 0 Å². The molecule has 1 aliphatic rings. The Labute approximate surface area is 86.1 Å². The third-order valence-corrected chi connectivity index (χ3v) is 3.65. The second-order valence-electron chi connectivity index (χ2n) is 3.62. The highest BCUT2D eigenvalue weighted by Crippen LogP contribution is 2.25. The summed E-state index contributed by atoms with van der Waals surface area (Å²) in [6.45, 7) is 0. The maximum atomic E-state index is 12.0. The highest BCUT2D eigenvalue weighted by atomic mass is 32.2. The largest absolute Gasteiger partial charge is 0.511 e. The van der Waals surface area contributed by atoms with Gasteiger partial charge in [-0.1, -0.05) is 12.8 Å². The predicted molar refractivity (Wildman–Crippen MR) is 48.3 cm³/mol. The number of nitrogens with two attached hydrogens (primary N) is 1. The maximum Gasteiger partial charge on any atom is 0.511 e. The van der Waals surface area contributed by atoms with Crippen LogP contribution in [0.2, 0.25) is 0 Å². The average Bonchev–Trinajstić information content (AvgIpc) is 2.06. The van der Waals surface area contributed by atoms with Gasteiger partial charge in [-0.15, -0.1) is 0 Å². The monoisotopic (exact) mass is 246 g/mol. The van der Waals surface area contributed by atoms with E-state index in [0.29, 0.717) is 19.3 Å². The molecular formula is C7H13F3N2O2S. The molecule has 0 spiro atoms. The van der Waals surface area contributed by atoms with E-state index in [-0.39, 0.29) is 0 Å². The van der Waals surface area contributed by atoms with Crippen molar-refractivity contribution in [3.05, 3.63) is 0 Å². The van der Waals surface area contributed by atoms with Crippen molar-refractivity contribution in [1.29, 1.82) is 0 Å². The van der Waals surface area contributed by atoms with E-state index in [4.69, 9.17) is 5.73 Å². The normalized spacial score (nSPS) is 29.1. The molecule has 1 fully saturated rings. The molecule has 1 aliphatic carbocycles. The third kappa shape index (κ3) is 3.05. The van der Waals surface area contributed by atoms with Gasteiger partial charge in [-0.25, -0.2) is 13.1 Å². The molecule has 0 aliphatic heterocycles. The molecule has 0 unspecified atom stereocenters. The molecule has 15 heavy (non-hydrogen) atoms. The van der Waals surface area contributed by atoms with Crippen LogP contribution < -0.4 is 10.5 Å². The lowest BCUT2D eigenvalue weighted by atomic mass is 9.92. The van der Waals surface area contributed by atoms with Crippen molar-refractivity contribution in [3.8, 4) is 0 Å². The van der Waals surface area contributed by atoms with Gasteiger partial charge in [0.2, 0.25) is 0 Å². The molecule has 0 bridgehead atoms. The Hall–Kier alpha value is -0.340. The number of sulfonamides is 1. The van der Waals surface area contributed by atoms with Crippen LogP contribution in [0.15, 0.2) is 0 Å². The van der Waals surface area contributed by atoms with E-state index in [1.807, 2.05) is 0 Å². The van der Waals surface area contributed by atoms with Crippen molar-refractivity contribution < 1.29 is 21.6 Å². The van der Waals surface area contributed by atoms with E-state index in [9.17, 15) is 21.6 Å². The standard InChI is InChI=1S/C7H13F3N2O2S/c8-7(9,10)15(13,14)12-6-4-2-1-3-5(6)11/h5-6,12H,1-4,11H2/t5-,6-/m1/s1. The molecule has 90 valence electrons. The maximum absolute atomic E-state index is 12.0. The van der Waals surface area contributed by atoms with Crippen LogP contribution in [0.3, 0.4) is 0 Å². The van der Waals surface area contributed by atoms with Crippen LogP contribution in [0.4, 0.5) is 13.2 Å². The molecule has 8 heteroatoms. The Balaban J connectivity index is 2.69. The second-order valence-corrected chi connectivity index (χ2v) is 5.33. The Kier molecular flexibility index (Phi) is 3.62. The summed E-state index contributed by atoms with van der Waals surface area (Å²) in [7, 11) is -5.26. The zero-order chi connectivity index (χ0) is 11.7. The first-order valence-electron chi connectivity index (χ1n) is 4.58. The molecule has 0 aromatic carbocycles. The highest BCUT2D eigenvalue weighted by Gasteiger charge is 2.47. The highest BCUT2D eigenvalue weighted by molar-refractivity contribution is 7.90. The average molecular weight is 246 g/mol. The lowest BCUT2D eigenvalue weighted by molar-refractivity contribution is -0.0452. The van der Waals surface area contributed by atoms with E-state index >= 15 is 0 Å². The van der Waals surface area contributed by atoms with Crippen molar-refractivity contribution >= 4 is 10.0 Å². The summed E-state index contributed by atoms with van der Waals surface area (Å²) in [5.74, 6) is 0. The van der Waals surface area contributed by atoms with E-state index in [2.05, 4.69) is 0 Å². The Morgan fingerprint density at radius 3 is 2.20 bits per heavy atom. The van der Waals surface area contributed by atoms with Gasteiger partial charge in [-0.2, -0.15) is 13.2 Å². The third-order valence-electron chi connectivity index (χ3n) is 2.43. The summed E-state index contributed by atoms with van der Waals surface area (Å²) in [5.41, 5.74) is 0.275. The molecule has 0 saturated heterocycles. The van der Waals surface area contributed by atoms with Crippen LogP contribution in [0.1, 0.15) is 25.7 Å². The van der Waals surface area contributed by atoms with Gasteiger partial charge in [0, 0.05) is 12.1 Å². The van der Waals surface area contributed by atoms with Gasteiger partial charge >= 0.3 is 15.5 Å². The zero-order valence-corrected chi connectivity index (χ0v) is 8.74. The van der Waals surface area contributed by atoms with Crippen molar-refractivity contribution in [3.63, 3.8) is 0 Å². The molecule has 2 atom stereocenters. The molecule has 0 heterocycles. The van der Waals surface area contributed by atoms with E-state index in [0.717, 1.165) is 6.42 Å². The molecule has 0 aromatic rings. The minimum Gasteiger partial charge on any atom is -0.326 e. The summed E-state index contributed by atoms with van der Waals surface area (Å²) in [6, 6.07) is -1.33. The first-order valence-corrected chi connectivity index (χ1v) is 6.06. The van der Waals surface area contributed by atoms with Crippen molar-refractivity contribution in [2.75, 3.05) is 0 Å². The van der Waals surface area contributed by atoms with Crippen LogP contribution in [0.5, 0.6) is 0 Å². The van der Waals surface area contributed by atoms with Gasteiger partial charge < -0.3 is 5.73 Å². The van der Waals surface area contributed by atoms with Crippen LogP contribution in [-0.2, 0) is 10.0 Å². The number of alkyl halides is 3. The zero-order valence-electron chi connectivity index (χ0n) is 7.92. The predicted octanol–water partition coefficient (Wildman–Crippen LogP) is 0.696. The van der Waals surface area contributed by atoms with Crippen molar-refractivity contribution in [2.24, 2.45) is 5.73 Å². The summed E-state index contributed by atoms with van der Waals surface area (Å²) < 4.78 is 59.2. The van der Waals surface area contributed by atoms with Gasteiger partial charge in [-0.3, -0.25) is 0 Å².